The lowest BCUT2D eigenvalue weighted by atomic mass is 10.0. The van der Waals surface area contributed by atoms with Crippen LogP contribution in [-0.2, 0) is 14.3 Å². The molecule has 0 saturated carbocycles. The van der Waals surface area contributed by atoms with E-state index >= 15 is 0 Å². The number of primary amides is 1. The van der Waals surface area contributed by atoms with E-state index in [0.717, 1.165) is 5.56 Å². The van der Waals surface area contributed by atoms with Crippen LogP contribution in [0.5, 0.6) is 0 Å². The molecule has 92 valence electrons. The van der Waals surface area contributed by atoms with Crippen molar-refractivity contribution in [2.75, 3.05) is 5.32 Å². The topological polar surface area (TPSA) is 98.5 Å². The van der Waals surface area contributed by atoms with E-state index in [-0.39, 0.29) is 12.0 Å². The smallest absolute Gasteiger partial charge is 0.346 e. The normalized spacial score (nSPS) is 18.1. The van der Waals surface area contributed by atoms with E-state index in [0.29, 0.717) is 5.69 Å². The number of anilines is 1. The number of ether oxygens (including phenoxy) is 1. The molecule has 1 aliphatic heterocycles. The summed E-state index contributed by atoms with van der Waals surface area (Å²) in [6.45, 7) is 0. The Morgan fingerprint density at radius 2 is 2.06 bits per heavy atom. The number of hydrogen-bond donors (Lipinski definition) is 2. The average molecular weight is 246 g/mol. The zero-order valence-electron chi connectivity index (χ0n) is 9.30. The molecule has 6 heteroatoms. The summed E-state index contributed by atoms with van der Waals surface area (Å²) < 4.78 is 5.02. The van der Waals surface area contributed by atoms with Crippen molar-refractivity contribution in [3.8, 4) is 0 Å². The minimum absolute atomic E-state index is 0.0133. The van der Waals surface area contributed by atoms with Crippen molar-refractivity contribution in [3.05, 3.63) is 35.4 Å². The summed E-state index contributed by atoms with van der Waals surface area (Å²) in [6.07, 6.45) is -0.262. The van der Waals surface area contributed by atoms with Gasteiger partial charge >= 0.3 is 12.0 Å². The van der Waals surface area contributed by atoms with Gasteiger partial charge < -0.3 is 15.8 Å². The van der Waals surface area contributed by atoms with E-state index < -0.39 is 18.1 Å². The lowest BCUT2D eigenvalue weighted by Gasteiger charge is -2.09. The Bertz CT molecular complexity index is 544. The molecule has 1 atom stereocenters. The van der Waals surface area contributed by atoms with Crippen LogP contribution >= 0.6 is 0 Å². The van der Waals surface area contributed by atoms with Gasteiger partial charge in [-0.3, -0.25) is 0 Å². The summed E-state index contributed by atoms with van der Waals surface area (Å²) in [5.74, 6) is 0.939. The molecule has 0 aromatic heterocycles. The Morgan fingerprint density at radius 1 is 1.39 bits per heavy atom. The van der Waals surface area contributed by atoms with Gasteiger partial charge in [0.25, 0.3) is 0 Å². The fourth-order valence-corrected chi connectivity index (χ4v) is 1.70. The summed E-state index contributed by atoms with van der Waals surface area (Å²) >= 11 is 0. The van der Waals surface area contributed by atoms with E-state index in [9.17, 15) is 14.4 Å². The standard InChI is InChI=1S/C12H10N2O4/c13-12(17)14-9-3-1-7(2-4-9)10-5-8(6-15)11(16)18-10/h1-4,10H,5H2,(H3,13,14,17). The first-order valence-electron chi connectivity index (χ1n) is 5.21. The summed E-state index contributed by atoms with van der Waals surface area (Å²) in [5, 5.41) is 2.41. The van der Waals surface area contributed by atoms with Crippen molar-refractivity contribution in [2.24, 2.45) is 5.73 Å². The van der Waals surface area contributed by atoms with Gasteiger partial charge in [-0.25, -0.2) is 14.4 Å². The molecule has 0 spiro atoms. The molecule has 1 aromatic carbocycles. The number of nitrogens with one attached hydrogen (secondary N) is 1. The van der Waals surface area contributed by atoms with E-state index in [4.69, 9.17) is 10.5 Å². The van der Waals surface area contributed by atoms with Crippen LogP contribution in [0.2, 0.25) is 0 Å². The summed E-state index contributed by atoms with van der Waals surface area (Å²) in [4.78, 5) is 32.3. The predicted molar refractivity (Wildman–Crippen MR) is 62.3 cm³/mol. The third kappa shape index (κ3) is 2.39. The predicted octanol–water partition coefficient (Wildman–Crippen LogP) is 0.923. The van der Waals surface area contributed by atoms with Crippen molar-refractivity contribution in [3.63, 3.8) is 0 Å². The molecule has 18 heavy (non-hydrogen) atoms. The fourth-order valence-electron chi connectivity index (χ4n) is 1.70. The van der Waals surface area contributed by atoms with Crippen LogP contribution in [0.1, 0.15) is 18.1 Å². The van der Waals surface area contributed by atoms with Gasteiger partial charge in [0, 0.05) is 12.1 Å². The maximum absolute atomic E-state index is 11.2. The second kappa shape index (κ2) is 4.73. The molecule has 1 heterocycles. The Hall–Kier alpha value is -2.59. The van der Waals surface area contributed by atoms with E-state index in [1.165, 1.54) is 0 Å². The number of carbonyl (C=O) groups excluding carboxylic acids is 3. The number of benzene rings is 1. The molecule has 0 aliphatic carbocycles. The van der Waals surface area contributed by atoms with Crippen molar-refractivity contribution >= 4 is 23.6 Å². The molecule has 2 rings (SSSR count). The summed E-state index contributed by atoms with van der Waals surface area (Å²) in [7, 11) is 0. The highest BCUT2D eigenvalue weighted by atomic mass is 16.5. The van der Waals surface area contributed by atoms with Crippen LogP contribution in [0.3, 0.4) is 0 Å². The molecule has 0 bridgehead atoms. The number of rotatable bonds is 2. The molecule has 1 unspecified atom stereocenters. The minimum atomic E-state index is -0.652. The second-order valence-electron chi connectivity index (χ2n) is 3.79. The highest BCUT2D eigenvalue weighted by Gasteiger charge is 2.31. The first-order valence-corrected chi connectivity index (χ1v) is 5.21. The van der Waals surface area contributed by atoms with Gasteiger partial charge in [0.05, 0.1) is 0 Å². The number of nitrogens with two attached hydrogens (primary N) is 1. The lowest BCUT2D eigenvalue weighted by molar-refractivity contribution is -0.138. The van der Waals surface area contributed by atoms with E-state index in [1.54, 1.807) is 30.2 Å². The first-order chi connectivity index (χ1) is 8.60. The van der Waals surface area contributed by atoms with Gasteiger partial charge in [-0.2, -0.15) is 0 Å². The van der Waals surface area contributed by atoms with Crippen LogP contribution in [0.15, 0.2) is 29.8 Å². The molecular formula is C12H10N2O4. The number of esters is 1. The van der Waals surface area contributed by atoms with Gasteiger partial charge in [-0.05, 0) is 17.7 Å². The number of carbonyl (C=O) groups is 2. The van der Waals surface area contributed by atoms with Gasteiger partial charge in [0.2, 0.25) is 0 Å². The number of hydrogen-bond acceptors (Lipinski definition) is 4. The summed E-state index contributed by atoms with van der Waals surface area (Å²) in [5.41, 5.74) is 6.27. The molecule has 2 amide bonds. The highest BCUT2D eigenvalue weighted by Crippen LogP contribution is 2.32. The van der Waals surface area contributed by atoms with Crippen molar-refractivity contribution in [1.82, 2.24) is 0 Å². The largest absolute Gasteiger partial charge is 0.453 e. The number of amides is 2. The number of cyclic esters (lactones) is 1. The van der Waals surface area contributed by atoms with Crippen molar-refractivity contribution in [1.29, 1.82) is 0 Å². The van der Waals surface area contributed by atoms with Gasteiger partial charge in [0.15, 0.2) is 0 Å². The Kier molecular flexibility index (Phi) is 3.12. The van der Waals surface area contributed by atoms with E-state index in [2.05, 4.69) is 5.32 Å². The monoisotopic (exact) mass is 246 g/mol. The fraction of sp³-hybridized carbons (Fsp3) is 0.167. The first kappa shape index (κ1) is 11.9. The molecule has 1 saturated heterocycles. The van der Waals surface area contributed by atoms with E-state index in [1.807, 2.05) is 0 Å². The zero-order valence-corrected chi connectivity index (χ0v) is 9.30. The maximum atomic E-state index is 11.2. The van der Waals surface area contributed by atoms with Crippen LogP contribution in [0, 0.1) is 0 Å². The summed E-state index contributed by atoms with van der Waals surface area (Å²) in [6, 6.07) is 6.00. The Balaban J connectivity index is 2.14. The lowest BCUT2D eigenvalue weighted by Crippen LogP contribution is -2.19. The Labute approximate surface area is 102 Å². The molecule has 3 N–H and O–H groups in total. The highest BCUT2D eigenvalue weighted by molar-refractivity contribution is 5.98. The second-order valence-corrected chi connectivity index (χ2v) is 3.79. The van der Waals surface area contributed by atoms with Crippen LogP contribution in [-0.4, -0.2) is 17.9 Å². The molecule has 1 aliphatic rings. The molecule has 6 nitrogen and oxygen atoms in total. The molecule has 0 radical (unpaired) electrons. The molecular weight excluding hydrogens is 236 g/mol. The maximum Gasteiger partial charge on any atom is 0.346 e. The van der Waals surface area contributed by atoms with Crippen LogP contribution in [0.4, 0.5) is 10.5 Å². The van der Waals surface area contributed by atoms with Crippen molar-refractivity contribution in [2.45, 2.75) is 12.5 Å². The number of urea groups is 1. The molecule has 1 fully saturated rings. The SMILES string of the molecule is NC(=O)Nc1ccc(C2CC(=C=O)C(=O)O2)cc1. The third-order valence-electron chi connectivity index (χ3n) is 2.56. The molecule has 1 aromatic rings. The van der Waals surface area contributed by atoms with Gasteiger partial charge in [-0.15, -0.1) is 0 Å². The van der Waals surface area contributed by atoms with Crippen LogP contribution in [0.25, 0.3) is 0 Å². The minimum Gasteiger partial charge on any atom is -0.453 e. The van der Waals surface area contributed by atoms with Crippen molar-refractivity contribution < 1.29 is 19.1 Å². The van der Waals surface area contributed by atoms with Crippen LogP contribution < -0.4 is 11.1 Å². The average Bonchev–Trinajstić information content (AvgIpc) is 2.71. The third-order valence-corrected chi connectivity index (χ3v) is 2.56. The van der Waals surface area contributed by atoms with Gasteiger partial charge in [0.1, 0.15) is 17.6 Å². The van der Waals surface area contributed by atoms with Gasteiger partial charge in [-0.1, -0.05) is 12.1 Å². The zero-order chi connectivity index (χ0) is 13.1. The Morgan fingerprint density at radius 3 is 2.56 bits per heavy atom. The quantitative estimate of drug-likeness (QED) is 0.460.